The first-order chi connectivity index (χ1) is 8.79. The van der Waals surface area contributed by atoms with Crippen molar-refractivity contribution in [3.05, 3.63) is 35.1 Å². The SMILES string of the molecule is OCC#Cc1ccc(COCCC2CC2)c(F)c1. The monoisotopic (exact) mass is 248 g/mol. The van der Waals surface area contributed by atoms with Crippen LogP contribution in [0.25, 0.3) is 0 Å². The Bertz CT molecular complexity index is 455. The maximum Gasteiger partial charge on any atom is 0.129 e. The topological polar surface area (TPSA) is 29.5 Å². The van der Waals surface area contributed by atoms with Crippen molar-refractivity contribution in [2.75, 3.05) is 13.2 Å². The summed E-state index contributed by atoms with van der Waals surface area (Å²) >= 11 is 0. The van der Waals surface area contributed by atoms with Crippen molar-refractivity contribution in [1.82, 2.24) is 0 Å². The number of ether oxygens (including phenoxy) is 1. The predicted octanol–water partition coefficient (Wildman–Crippen LogP) is 2.49. The fourth-order valence-corrected chi connectivity index (χ4v) is 1.72. The van der Waals surface area contributed by atoms with E-state index >= 15 is 0 Å². The molecular formula is C15H17FO2. The van der Waals surface area contributed by atoms with Crippen LogP contribution in [0.5, 0.6) is 0 Å². The van der Waals surface area contributed by atoms with Gasteiger partial charge in [0.2, 0.25) is 0 Å². The molecule has 0 amide bonds. The summed E-state index contributed by atoms with van der Waals surface area (Å²) in [5.74, 6) is 5.70. The van der Waals surface area contributed by atoms with Gasteiger partial charge in [0.25, 0.3) is 0 Å². The standard InChI is InChI=1S/C15H17FO2/c16-15-10-13(2-1-8-17)5-6-14(15)11-18-9-7-12-3-4-12/h5-6,10,12,17H,3-4,7-9,11H2. The fourth-order valence-electron chi connectivity index (χ4n) is 1.72. The van der Waals surface area contributed by atoms with E-state index in [2.05, 4.69) is 11.8 Å². The molecule has 1 saturated carbocycles. The van der Waals surface area contributed by atoms with Gasteiger partial charge in [0.05, 0.1) is 6.61 Å². The number of aliphatic hydroxyl groups excluding tert-OH is 1. The number of rotatable bonds is 5. The van der Waals surface area contributed by atoms with Crippen molar-refractivity contribution in [3.63, 3.8) is 0 Å². The Kier molecular flexibility index (Phi) is 4.74. The molecule has 0 saturated heterocycles. The van der Waals surface area contributed by atoms with Crippen LogP contribution < -0.4 is 0 Å². The first-order valence-corrected chi connectivity index (χ1v) is 6.25. The van der Waals surface area contributed by atoms with Crippen LogP contribution in [0, 0.1) is 23.6 Å². The van der Waals surface area contributed by atoms with E-state index in [9.17, 15) is 4.39 Å². The molecule has 0 unspecified atom stereocenters. The first kappa shape index (κ1) is 13.1. The molecule has 0 aliphatic heterocycles. The second-order valence-electron chi connectivity index (χ2n) is 4.55. The van der Waals surface area contributed by atoms with Gasteiger partial charge in [0, 0.05) is 17.7 Å². The van der Waals surface area contributed by atoms with Gasteiger partial charge in [-0.3, -0.25) is 0 Å². The molecule has 0 spiro atoms. The minimum absolute atomic E-state index is 0.215. The number of benzene rings is 1. The summed E-state index contributed by atoms with van der Waals surface area (Å²) in [5.41, 5.74) is 1.13. The molecule has 2 nitrogen and oxygen atoms in total. The highest BCUT2D eigenvalue weighted by molar-refractivity contribution is 5.36. The second-order valence-corrected chi connectivity index (χ2v) is 4.55. The van der Waals surface area contributed by atoms with Crippen LogP contribution in [0.2, 0.25) is 0 Å². The molecule has 1 aliphatic carbocycles. The Labute approximate surface area is 107 Å². The number of halogens is 1. The van der Waals surface area contributed by atoms with Gasteiger partial charge in [-0.05, 0) is 24.5 Å². The summed E-state index contributed by atoms with van der Waals surface area (Å²) < 4.78 is 19.1. The maximum absolute atomic E-state index is 13.7. The van der Waals surface area contributed by atoms with E-state index < -0.39 is 0 Å². The molecule has 18 heavy (non-hydrogen) atoms. The Hall–Kier alpha value is -1.37. The van der Waals surface area contributed by atoms with Crippen LogP contribution in [0.15, 0.2) is 18.2 Å². The highest BCUT2D eigenvalue weighted by atomic mass is 19.1. The van der Waals surface area contributed by atoms with Gasteiger partial charge in [-0.25, -0.2) is 4.39 Å². The van der Waals surface area contributed by atoms with Crippen LogP contribution in [0.4, 0.5) is 4.39 Å². The molecule has 1 N–H and O–H groups in total. The van der Waals surface area contributed by atoms with Gasteiger partial charge in [0.1, 0.15) is 12.4 Å². The summed E-state index contributed by atoms with van der Waals surface area (Å²) in [4.78, 5) is 0. The molecule has 0 radical (unpaired) electrons. The normalized spacial score (nSPS) is 14.1. The number of hydrogen-bond acceptors (Lipinski definition) is 2. The van der Waals surface area contributed by atoms with Crippen LogP contribution in [-0.2, 0) is 11.3 Å². The van der Waals surface area contributed by atoms with E-state index in [4.69, 9.17) is 9.84 Å². The highest BCUT2D eigenvalue weighted by Gasteiger charge is 2.20. The molecule has 0 heterocycles. The lowest BCUT2D eigenvalue weighted by Gasteiger charge is -2.05. The molecular weight excluding hydrogens is 231 g/mol. The molecule has 1 fully saturated rings. The highest BCUT2D eigenvalue weighted by Crippen LogP contribution is 2.32. The van der Waals surface area contributed by atoms with E-state index in [0.29, 0.717) is 24.3 Å². The third-order valence-electron chi connectivity index (χ3n) is 2.99. The lowest BCUT2D eigenvalue weighted by atomic mass is 10.1. The zero-order valence-electron chi connectivity index (χ0n) is 10.3. The van der Waals surface area contributed by atoms with Gasteiger partial charge < -0.3 is 9.84 Å². The summed E-state index contributed by atoms with van der Waals surface area (Å²) in [7, 11) is 0. The van der Waals surface area contributed by atoms with Crippen LogP contribution in [-0.4, -0.2) is 18.3 Å². The molecule has 0 aromatic heterocycles. The molecule has 1 aromatic carbocycles. The van der Waals surface area contributed by atoms with E-state index in [1.165, 1.54) is 18.9 Å². The second kappa shape index (κ2) is 6.53. The molecule has 3 heteroatoms. The van der Waals surface area contributed by atoms with Crippen molar-refractivity contribution in [2.45, 2.75) is 25.9 Å². The quantitative estimate of drug-likeness (QED) is 0.641. The maximum atomic E-state index is 13.7. The Morgan fingerprint density at radius 2 is 2.22 bits per heavy atom. The molecule has 0 atom stereocenters. The van der Waals surface area contributed by atoms with Crippen molar-refractivity contribution in [1.29, 1.82) is 0 Å². The van der Waals surface area contributed by atoms with E-state index in [1.807, 2.05) is 0 Å². The fraction of sp³-hybridized carbons (Fsp3) is 0.467. The van der Waals surface area contributed by atoms with Gasteiger partial charge >= 0.3 is 0 Å². The largest absolute Gasteiger partial charge is 0.384 e. The van der Waals surface area contributed by atoms with E-state index in [-0.39, 0.29) is 12.4 Å². The lowest BCUT2D eigenvalue weighted by Crippen LogP contribution is -1.99. The van der Waals surface area contributed by atoms with E-state index in [1.54, 1.807) is 12.1 Å². The molecule has 0 bridgehead atoms. The third-order valence-corrected chi connectivity index (χ3v) is 2.99. The molecule has 1 aliphatic rings. The van der Waals surface area contributed by atoms with Crippen molar-refractivity contribution in [3.8, 4) is 11.8 Å². The van der Waals surface area contributed by atoms with Crippen LogP contribution in [0.1, 0.15) is 30.4 Å². The third kappa shape index (κ3) is 4.14. The Morgan fingerprint density at radius 3 is 2.89 bits per heavy atom. The van der Waals surface area contributed by atoms with Gasteiger partial charge in [-0.1, -0.05) is 30.7 Å². The zero-order valence-corrected chi connectivity index (χ0v) is 10.3. The first-order valence-electron chi connectivity index (χ1n) is 6.25. The van der Waals surface area contributed by atoms with Crippen molar-refractivity contribution < 1.29 is 14.2 Å². The average molecular weight is 248 g/mol. The smallest absolute Gasteiger partial charge is 0.129 e. The number of hydrogen-bond donors (Lipinski definition) is 1. The predicted molar refractivity (Wildman–Crippen MR) is 67.4 cm³/mol. The van der Waals surface area contributed by atoms with Crippen molar-refractivity contribution >= 4 is 0 Å². The summed E-state index contributed by atoms with van der Waals surface area (Å²) in [6.07, 6.45) is 3.72. The lowest BCUT2D eigenvalue weighted by molar-refractivity contribution is 0.113. The van der Waals surface area contributed by atoms with Gasteiger partial charge in [0.15, 0.2) is 0 Å². The summed E-state index contributed by atoms with van der Waals surface area (Å²) in [5, 5.41) is 8.56. The average Bonchev–Trinajstić information content (AvgIpc) is 3.18. The molecule has 1 aromatic rings. The van der Waals surface area contributed by atoms with E-state index in [0.717, 1.165) is 12.3 Å². The summed E-state index contributed by atoms with van der Waals surface area (Å²) in [6.45, 7) is 0.802. The van der Waals surface area contributed by atoms with Gasteiger partial charge in [-0.2, -0.15) is 0 Å². The van der Waals surface area contributed by atoms with Crippen LogP contribution >= 0.6 is 0 Å². The Balaban J connectivity index is 1.83. The molecule has 96 valence electrons. The zero-order chi connectivity index (χ0) is 12.8. The van der Waals surface area contributed by atoms with Gasteiger partial charge in [-0.15, -0.1) is 0 Å². The number of aliphatic hydroxyl groups is 1. The minimum atomic E-state index is -0.300. The Morgan fingerprint density at radius 1 is 1.39 bits per heavy atom. The minimum Gasteiger partial charge on any atom is -0.384 e. The van der Waals surface area contributed by atoms with Crippen LogP contribution in [0.3, 0.4) is 0 Å². The molecule has 2 rings (SSSR count). The summed E-state index contributed by atoms with van der Waals surface area (Å²) in [6, 6.07) is 4.81. The van der Waals surface area contributed by atoms with Crippen molar-refractivity contribution in [2.24, 2.45) is 5.92 Å².